The number of hydrogen-bond donors (Lipinski definition) is 2. The molecule has 1 amide bonds. The molecule has 1 saturated carbocycles. The Kier molecular flexibility index (Phi) is 5.35. The molecule has 0 unspecified atom stereocenters. The predicted molar refractivity (Wildman–Crippen MR) is 106 cm³/mol. The fraction of sp³-hybridized carbons (Fsp3) is 0.773. The van der Waals surface area contributed by atoms with Gasteiger partial charge in [0.1, 0.15) is 24.4 Å². The zero-order valence-corrected chi connectivity index (χ0v) is 18.2. The summed E-state index contributed by atoms with van der Waals surface area (Å²) in [4.78, 5) is 36.8. The molecule has 0 radical (unpaired) electrons. The zero-order valence-electron chi connectivity index (χ0n) is 18.2. The van der Waals surface area contributed by atoms with E-state index in [1.807, 2.05) is 20.8 Å². The number of carbonyl (C=O) groups is 3. The van der Waals surface area contributed by atoms with Crippen molar-refractivity contribution in [2.24, 2.45) is 22.7 Å². The maximum Gasteiger partial charge on any atom is 0.336 e. The number of ether oxygens (including phenoxy) is 2. The Labute approximate surface area is 172 Å². The van der Waals surface area contributed by atoms with Gasteiger partial charge in [0.15, 0.2) is 0 Å². The number of aliphatic hydroxyl groups is 1. The summed E-state index contributed by atoms with van der Waals surface area (Å²) in [7, 11) is 0. The molecular formula is C22H33NO6. The van der Waals surface area contributed by atoms with Crippen LogP contribution in [0.15, 0.2) is 11.6 Å². The molecule has 2 N–H and O–H groups in total. The van der Waals surface area contributed by atoms with Crippen molar-refractivity contribution in [1.29, 1.82) is 0 Å². The van der Waals surface area contributed by atoms with Gasteiger partial charge in [0, 0.05) is 12.3 Å². The summed E-state index contributed by atoms with van der Waals surface area (Å²) in [6.45, 7) is 11.1. The van der Waals surface area contributed by atoms with Gasteiger partial charge in [0.2, 0.25) is 5.91 Å². The van der Waals surface area contributed by atoms with Crippen molar-refractivity contribution < 1.29 is 29.0 Å². The Morgan fingerprint density at radius 3 is 2.55 bits per heavy atom. The smallest absolute Gasteiger partial charge is 0.336 e. The predicted octanol–water partition coefficient (Wildman–Crippen LogP) is 2.12. The number of nitrogens with one attached hydrogen (secondary N) is 1. The molecule has 0 spiro atoms. The first kappa shape index (κ1) is 21.8. The molecular weight excluding hydrogens is 374 g/mol. The summed E-state index contributed by atoms with van der Waals surface area (Å²) in [5.41, 5.74) is -2.21. The summed E-state index contributed by atoms with van der Waals surface area (Å²) < 4.78 is 11.2. The topological polar surface area (TPSA) is 102 Å². The van der Waals surface area contributed by atoms with Crippen LogP contribution in [0.3, 0.4) is 0 Å². The highest BCUT2D eigenvalue weighted by atomic mass is 16.6. The second kappa shape index (κ2) is 7.11. The lowest BCUT2D eigenvalue weighted by Gasteiger charge is -2.60. The number of allylic oxidation sites excluding steroid dienone is 1. The van der Waals surface area contributed by atoms with Crippen LogP contribution in [0.5, 0.6) is 0 Å². The largest absolute Gasteiger partial charge is 0.460 e. The van der Waals surface area contributed by atoms with Crippen molar-refractivity contribution in [3.8, 4) is 0 Å². The van der Waals surface area contributed by atoms with Gasteiger partial charge in [-0.05, 0) is 36.5 Å². The molecule has 1 saturated heterocycles. The molecule has 0 aromatic rings. The summed E-state index contributed by atoms with van der Waals surface area (Å²) in [6, 6.07) is -0.765. The zero-order chi connectivity index (χ0) is 21.8. The first-order chi connectivity index (χ1) is 13.3. The van der Waals surface area contributed by atoms with Gasteiger partial charge in [-0.1, -0.05) is 40.7 Å². The molecule has 0 aromatic heterocycles. The van der Waals surface area contributed by atoms with Crippen molar-refractivity contribution in [2.75, 3.05) is 6.61 Å². The molecule has 7 nitrogen and oxygen atoms in total. The van der Waals surface area contributed by atoms with E-state index in [9.17, 15) is 19.5 Å². The first-order valence-electron chi connectivity index (χ1n) is 10.4. The lowest BCUT2D eigenvalue weighted by molar-refractivity contribution is -0.217. The average molecular weight is 408 g/mol. The van der Waals surface area contributed by atoms with E-state index < -0.39 is 35.1 Å². The summed E-state index contributed by atoms with van der Waals surface area (Å²) >= 11 is 0. The number of amides is 1. The highest BCUT2D eigenvalue weighted by Gasteiger charge is 2.69. The number of hydrogen-bond acceptors (Lipinski definition) is 6. The minimum absolute atomic E-state index is 0.00284. The third-order valence-electron chi connectivity index (χ3n) is 7.45. The van der Waals surface area contributed by atoms with E-state index in [0.717, 1.165) is 6.42 Å². The van der Waals surface area contributed by atoms with E-state index in [2.05, 4.69) is 19.2 Å². The van der Waals surface area contributed by atoms with Crippen molar-refractivity contribution in [3.05, 3.63) is 11.6 Å². The van der Waals surface area contributed by atoms with Crippen LogP contribution in [-0.2, 0) is 23.9 Å². The number of cyclic esters (lactones) is 1. The van der Waals surface area contributed by atoms with E-state index in [1.54, 1.807) is 6.08 Å². The Balaban J connectivity index is 1.97. The van der Waals surface area contributed by atoms with Gasteiger partial charge in [-0.2, -0.15) is 0 Å². The highest BCUT2D eigenvalue weighted by molar-refractivity contribution is 5.94. The molecule has 1 aliphatic heterocycles. The molecule has 7 heteroatoms. The second-order valence-corrected chi connectivity index (χ2v) is 10.0. The normalized spacial score (nSPS) is 36.4. The third kappa shape index (κ3) is 3.27. The Hall–Kier alpha value is -1.89. The van der Waals surface area contributed by atoms with Crippen LogP contribution in [0.2, 0.25) is 0 Å². The lowest BCUT2D eigenvalue weighted by Crippen LogP contribution is -2.66. The van der Waals surface area contributed by atoms with Gasteiger partial charge in [0.25, 0.3) is 0 Å². The maximum absolute atomic E-state index is 13.0. The lowest BCUT2D eigenvalue weighted by atomic mass is 9.46. The number of carbonyl (C=O) groups excluding carboxylic acids is 3. The quantitative estimate of drug-likeness (QED) is 0.692. The van der Waals surface area contributed by atoms with E-state index in [1.165, 1.54) is 6.92 Å². The molecule has 3 aliphatic rings. The SMILES string of the molecule is CC(=O)N[C@H](C(=O)O[C@@H]1CCC(C)(C)[C@H]2CC=C3C(=O)OC[C@@]3(O)[C@@]21C)C(C)C. The average Bonchev–Trinajstić information content (AvgIpc) is 2.91. The van der Waals surface area contributed by atoms with Crippen LogP contribution in [0, 0.1) is 22.7 Å². The Morgan fingerprint density at radius 1 is 1.31 bits per heavy atom. The van der Waals surface area contributed by atoms with Gasteiger partial charge in [-0.3, -0.25) is 4.79 Å². The summed E-state index contributed by atoms with van der Waals surface area (Å²) in [5.74, 6) is -1.45. The van der Waals surface area contributed by atoms with E-state index in [4.69, 9.17) is 9.47 Å². The Bertz CT molecular complexity index is 756. The summed E-state index contributed by atoms with van der Waals surface area (Å²) in [6.07, 6.45) is 3.21. The number of rotatable bonds is 4. The number of fused-ring (bicyclic) bond motifs is 3. The minimum Gasteiger partial charge on any atom is -0.460 e. The van der Waals surface area contributed by atoms with Gasteiger partial charge in [-0.15, -0.1) is 0 Å². The van der Waals surface area contributed by atoms with Gasteiger partial charge >= 0.3 is 11.9 Å². The fourth-order valence-electron chi connectivity index (χ4n) is 5.67. The van der Waals surface area contributed by atoms with Gasteiger partial charge in [-0.25, -0.2) is 9.59 Å². The molecule has 3 rings (SSSR count). The van der Waals surface area contributed by atoms with Gasteiger partial charge < -0.3 is 19.9 Å². The first-order valence-corrected chi connectivity index (χ1v) is 10.4. The molecule has 1 heterocycles. The molecule has 0 bridgehead atoms. The standard InChI is InChI=1S/C22H33NO6/c1-12(2)17(23-13(3)24)19(26)29-16-9-10-20(4,5)15-8-7-14-18(25)28-11-22(14,27)21(15,16)6/h7,12,15-17,27H,8-11H2,1-6H3,(H,23,24)/t15-,16-,17+,21+,22+/m1/s1. The number of esters is 2. The van der Waals surface area contributed by atoms with Crippen molar-refractivity contribution in [1.82, 2.24) is 5.32 Å². The third-order valence-corrected chi connectivity index (χ3v) is 7.45. The van der Waals surface area contributed by atoms with Crippen molar-refractivity contribution in [2.45, 2.75) is 78.6 Å². The van der Waals surface area contributed by atoms with Crippen LogP contribution in [0.25, 0.3) is 0 Å². The van der Waals surface area contributed by atoms with Crippen molar-refractivity contribution >= 4 is 17.8 Å². The fourth-order valence-corrected chi connectivity index (χ4v) is 5.67. The van der Waals surface area contributed by atoms with Crippen molar-refractivity contribution in [3.63, 3.8) is 0 Å². The molecule has 29 heavy (non-hydrogen) atoms. The van der Waals surface area contributed by atoms with Gasteiger partial charge in [0.05, 0.1) is 5.57 Å². The molecule has 0 aromatic carbocycles. The van der Waals surface area contributed by atoms with E-state index >= 15 is 0 Å². The highest BCUT2D eigenvalue weighted by Crippen LogP contribution is 2.63. The van der Waals surface area contributed by atoms with Crippen LogP contribution >= 0.6 is 0 Å². The minimum atomic E-state index is -1.50. The summed E-state index contributed by atoms with van der Waals surface area (Å²) in [5, 5.41) is 14.3. The second-order valence-electron chi connectivity index (χ2n) is 10.0. The Morgan fingerprint density at radius 2 is 1.97 bits per heavy atom. The van der Waals surface area contributed by atoms with Crippen LogP contribution in [0.1, 0.15) is 60.8 Å². The molecule has 5 atom stereocenters. The van der Waals surface area contributed by atoms with E-state index in [-0.39, 0.29) is 35.3 Å². The van der Waals surface area contributed by atoms with Crippen LogP contribution < -0.4 is 5.32 Å². The van der Waals surface area contributed by atoms with E-state index in [0.29, 0.717) is 12.8 Å². The van der Waals surface area contributed by atoms with Crippen LogP contribution in [0.4, 0.5) is 0 Å². The molecule has 2 aliphatic carbocycles. The van der Waals surface area contributed by atoms with Crippen LogP contribution in [-0.4, -0.2) is 47.3 Å². The molecule has 2 fully saturated rings. The molecule has 162 valence electrons. The maximum atomic E-state index is 13.0. The monoisotopic (exact) mass is 407 g/mol.